The monoisotopic (exact) mass is 375 g/mol. The Morgan fingerprint density at radius 3 is 2.78 bits per heavy atom. The molecule has 3 rings (SSSR count). The number of piperidine rings is 1. The van der Waals surface area contributed by atoms with E-state index in [2.05, 4.69) is 17.2 Å². The number of hydrogen-bond donors (Lipinski definition) is 1. The maximum atomic E-state index is 12.6. The predicted molar refractivity (Wildman–Crippen MR) is 101 cm³/mol. The van der Waals surface area contributed by atoms with Gasteiger partial charge in [0.05, 0.1) is 15.7 Å². The summed E-state index contributed by atoms with van der Waals surface area (Å²) in [6, 6.07) is 5.81. The minimum Gasteiger partial charge on any atom is -0.339 e. The Bertz CT molecular complexity index is 627. The highest BCUT2D eigenvalue weighted by molar-refractivity contribution is 7.16. The van der Waals surface area contributed by atoms with Crippen LogP contribution in [-0.4, -0.2) is 42.0 Å². The summed E-state index contributed by atoms with van der Waals surface area (Å²) in [7, 11) is 0. The van der Waals surface area contributed by atoms with Crippen LogP contribution in [-0.2, 0) is 0 Å². The van der Waals surface area contributed by atoms with E-state index < -0.39 is 0 Å². The molecule has 1 fully saturated rings. The van der Waals surface area contributed by atoms with Gasteiger partial charge in [-0.3, -0.25) is 4.79 Å². The van der Waals surface area contributed by atoms with Gasteiger partial charge in [-0.25, -0.2) is 4.98 Å². The lowest BCUT2D eigenvalue weighted by molar-refractivity contribution is 0.0690. The zero-order chi connectivity index (χ0) is 14.7. The van der Waals surface area contributed by atoms with E-state index >= 15 is 0 Å². The first-order chi connectivity index (χ1) is 10.3. The summed E-state index contributed by atoms with van der Waals surface area (Å²) in [5, 5.41) is 3.40. The highest BCUT2D eigenvalue weighted by Gasteiger charge is 2.23. The van der Waals surface area contributed by atoms with Crippen LogP contribution in [0.2, 0.25) is 0 Å². The molecule has 1 amide bonds. The van der Waals surface area contributed by atoms with Crippen LogP contribution in [0.5, 0.6) is 0 Å². The molecule has 0 aliphatic carbocycles. The van der Waals surface area contributed by atoms with Crippen molar-refractivity contribution in [1.82, 2.24) is 15.2 Å². The lowest BCUT2D eigenvalue weighted by atomic mass is 9.96. The molecule has 1 aliphatic rings. The second kappa shape index (κ2) is 9.42. The molecule has 0 saturated carbocycles. The zero-order valence-corrected chi connectivity index (χ0v) is 15.6. The quantitative estimate of drug-likeness (QED) is 0.887. The van der Waals surface area contributed by atoms with Gasteiger partial charge in [-0.2, -0.15) is 0 Å². The number of amides is 1. The SMILES string of the molecule is CCNCC1CCN(C(=O)c2ccc3ncsc3c2)CC1.Cl.Cl. The maximum Gasteiger partial charge on any atom is 0.253 e. The fraction of sp³-hybridized carbons (Fsp3) is 0.500. The van der Waals surface area contributed by atoms with Gasteiger partial charge in [-0.1, -0.05) is 6.92 Å². The molecule has 0 bridgehead atoms. The van der Waals surface area contributed by atoms with E-state index in [0.29, 0.717) is 5.92 Å². The number of likely N-dealkylation sites (tertiary alicyclic amines) is 1. The van der Waals surface area contributed by atoms with Crippen LogP contribution in [0, 0.1) is 5.92 Å². The standard InChI is InChI=1S/C16H21N3OS.2ClH/c1-2-17-10-12-5-7-19(8-6-12)16(20)13-3-4-14-15(9-13)21-11-18-14;;/h3-4,9,11-12,17H,2,5-8,10H2,1H3;2*1H. The Morgan fingerprint density at radius 2 is 2.09 bits per heavy atom. The number of carbonyl (C=O) groups excluding carboxylic acids is 1. The number of aromatic nitrogens is 1. The van der Waals surface area contributed by atoms with Crippen molar-refractivity contribution >= 4 is 52.3 Å². The number of benzene rings is 1. The molecule has 4 nitrogen and oxygen atoms in total. The van der Waals surface area contributed by atoms with E-state index in [1.807, 2.05) is 28.6 Å². The van der Waals surface area contributed by atoms with Crippen LogP contribution >= 0.6 is 36.2 Å². The minimum absolute atomic E-state index is 0. The fourth-order valence-corrected chi connectivity index (χ4v) is 3.58. The highest BCUT2D eigenvalue weighted by Crippen LogP contribution is 2.22. The van der Waals surface area contributed by atoms with Crippen LogP contribution in [0.15, 0.2) is 23.7 Å². The fourth-order valence-electron chi connectivity index (χ4n) is 2.86. The number of nitrogens with one attached hydrogen (secondary N) is 1. The lowest BCUT2D eigenvalue weighted by Gasteiger charge is -2.32. The molecule has 2 heterocycles. The third-order valence-electron chi connectivity index (χ3n) is 4.16. The summed E-state index contributed by atoms with van der Waals surface area (Å²) in [6.07, 6.45) is 2.20. The van der Waals surface area contributed by atoms with Crippen LogP contribution in [0.3, 0.4) is 0 Å². The van der Waals surface area contributed by atoms with Crippen LogP contribution in [0.4, 0.5) is 0 Å². The predicted octanol–water partition coefficient (Wildman–Crippen LogP) is 3.60. The summed E-state index contributed by atoms with van der Waals surface area (Å²) < 4.78 is 1.09. The van der Waals surface area contributed by atoms with Gasteiger partial charge in [0.1, 0.15) is 0 Å². The maximum absolute atomic E-state index is 12.6. The Kier molecular flexibility index (Phi) is 8.26. The summed E-state index contributed by atoms with van der Waals surface area (Å²) >= 11 is 1.58. The smallest absolute Gasteiger partial charge is 0.253 e. The van der Waals surface area contributed by atoms with Crippen molar-refractivity contribution in [2.45, 2.75) is 19.8 Å². The minimum atomic E-state index is 0. The van der Waals surface area contributed by atoms with Gasteiger partial charge in [0.15, 0.2) is 0 Å². The summed E-state index contributed by atoms with van der Waals surface area (Å²) in [5.41, 5.74) is 3.59. The first kappa shape index (κ1) is 20.2. The number of halogens is 2. The zero-order valence-electron chi connectivity index (χ0n) is 13.2. The third-order valence-corrected chi connectivity index (χ3v) is 4.95. The molecule has 0 radical (unpaired) electrons. The Morgan fingerprint density at radius 1 is 1.35 bits per heavy atom. The number of carbonyl (C=O) groups is 1. The van der Waals surface area contributed by atoms with Gasteiger partial charge in [-0.15, -0.1) is 36.2 Å². The molecule has 128 valence electrons. The average molecular weight is 376 g/mol. The van der Waals surface area contributed by atoms with E-state index in [-0.39, 0.29) is 30.7 Å². The Labute approximate surface area is 153 Å². The van der Waals surface area contributed by atoms with Crippen molar-refractivity contribution in [3.05, 3.63) is 29.3 Å². The number of nitrogens with zero attached hydrogens (tertiary/aromatic N) is 2. The number of fused-ring (bicyclic) bond motifs is 1. The summed E-state index contributed by atoms with van der Waals surface area (Å²) in [6.45, 7) is 5.97. The normalized spacial score (nSPS) is 15.1. The molecule has 1 aromatic carbocycles. The van der Waals surface area contributed by atoms with Crippen molar-refractivity contribution in [3.8, 4) is 0 Å². The van der Waals surface area contributed by atoms with Crippen LogP contribution in [0.1, 0.15) is 30.1 Å². The van der Waals surface area contributed by atoms with Crippen LogP contribution < -0.4 is 5.32 Å². The van der Waals surface area contributed by atoms with E-state index in [0.717, 1.165) is 54.8 Å². The summed E-state index contributed by atoms with van der Waals surface area (Å²) in [5.74, 6) is 0.866. The highest BCUT2D eigenvalue weighted by atomic mass is 35.5. The Balaban J connectivity index is 0.00000132. The number of hydrogen-bond acceptors (Lipinski definition) is 4. The van der Waals surface area contributed by atoms with Gasteiger partial charge in [0, 0.05) is 18.7 Å². The van der Waals surface area contributed by atoms with Gasteiger partial charge < -0.3 is 10.2 Å². The third kappa shape index (κ3) is 4.80. The molecule has 0 spiro atoms. The molecule has 0 unspecified atom stereocenters. The molecule has 1 aliphatic heterocycles. The summed E-state index contributed by atoms with van der Waals surface area (Å²) in [4.78, 5) is 18.8. The van der Waals surface area contributed by atoms with Gasteiger partial charge in [0.25, 0.3) is 5.91 Å². The second-order valence-corrected chi connectivity index (χ2v) is 6.46. The molecule has 1 aromatic heterocycles. The number of rotatable bonds is 4. The first-order valence-electron chi connectivity index (χ1n) is 7.61. The Hall–Kier alpha value is -0.880. The van der Waals surface area contributed by atoms with E-state index in [1.54, 1.807) is 11.3 Å². The second-order valence-electron chi connectivity index (χ2n) is 5.58. The molecular formula is C16H23Cl2N3OS. The first-order valence-corrected chi connectivity index (χ1v) is 8.49. The number of thiazole rings is 1. The lowest BCUT2D eigenvalue weighted by Crippen LogP contribution is -2.40. The topological polar surface area (TPSA) is 45.2 Å². The van der Waals surface area contributed by atoms with Gasteiger partial charge in [0.2, 0.25) is 0 Å². The van der Waals surface area contributed by atoms with Crippen molar-refractivity contribution in [1.29, 1.82) is 0 Å². The van der Waals surface area contributed by atoms with Crippen molar-refractivity contribution in [2.24, 2.45) is 5.92 Å². The molecule has 7 heteroatoms. The van der Waals surface area contributed by atoms with E-state index in [4.69, 9.17) is 0 Å². The van der Waals surface area contributed by atoms with Gasteiger partial charge in [-0.05, 0) is 50.0 Å². The molecule has 1 saturated heterocycles. The van der Waals surface area contributed by atoms with E-state index in [9.17, 15) is 4.79 Å². The molecule has 2 aromatic rings. The molecule has 23 heavy (non-hydrogen) atoms. The largest absolute Gasteiger partial charge is 0.339 e. The van der Waals surface area contributed by atoms with Crippen LogP contribution in [0.25, 0.3) is 10.2 Å². The average Bonchev–Trinajstić information content (AvgIpc) is 3.00. The van der Waals surface area contributed by atoms with Crippen molar-refractivity contribution < 1.29 is 4.79 Å². The molecular weight excluding hydrogens is 353 g/mol. The van der Waals surface area contributed by atoms with Crippen molar-refractivity contribution in [3.63, 3.8) is 0 Å². The van der Waals surface area contributed by atoms with Gasteiger partial charge >= 0.3 is 0 Å². The molecule has 0 atom stereocenters. The van der Waals surface area contributed by atoms with Crippen molar-refractivity contribution in [2.75, 3.05) is 26.2 Å². The molecule has 1 N–H and O–H groups in total. The van der Waals surface area contributed by atoms with E-state index in [1.165, 1.54) is 0 Å².